The van der Waals surface area contributed by atoms with E-state index in [0.29, 0.717) is 79.4 Å². The first kappa shape index (κ1) is 55.2. The summed E-state index contributed by atoms with van der Waals surface area (Å²) in [6.07, 6.45) is 4.00. The van der Waals surface area contributed by atoms with E-state index in [1.807, 2.05) is 38.1 Å². The summed E-state index contributed by atoms with van der Waals surface area (Å²) < 4.78 is 79.8. The summed E-state index contributed by atoms with van der Waals surface area (Å²) in [7, 11) is -1.91. The summed E-state index contributed by atoms with van der Waals surface area (Å²) in [4.78, 5) is 8.49. The van der Waals surface area contributed by atoms with E-state index < -0.39 is 53.9 Å². The van der Waals surface area contributed by atoms with Gasteiger partial charge in [0.25, 0.3) is 0 Å². The van der Waals surface area contributed by atoms with Crippen molar-refractivity contribution < 1.29 is 46.0 Å². The summed E-state index contributed by atoms with van der Waals surface area (Å²) in [6.45, 7) is 6.65. The second kappa shape index (κ2) is 23.8. The van der Waals surface area contributed by atoms with E-state index >= 15 is 0 Å². The number of aromatic nitrogens is 8. The monoisotopic (exact) mass is 1070 g/mol. The Morgan fingerprint density at radius 3 is 1.14 bits per heavy atom. The number of aryl methyl sites for hydroxylation is 2. The molecule has 8 aromatic rings. The van der Waals surface area contributed by atoms with E-state index in [1.54, 1.807) is 94.6 Å². The molecule has 0 fully saturated rings. The number of hydrogen-bond acceptors (Lipinski definition) is 18. The van der Waals surface area contributed by atoms with E-state index in [9.17, 15) is 27.0 Å². The van der Waals surface area contributed by atoms with E-state index in [2.05, 4.69) is 30.4 Å². The van der Waals surface area contributed by atoms with Crippen LogP contribution in [0.1, 0.15) is 71.1 Å². The number of para-hydroxylation sites is 2. The zero-order chi connectivity index (χ0) is 54.9. The van der Waals surface area contributed by atoms with Crippen LogP contribution < -0.4 is 18.9 Å². The molecular weight excluding hydrogens is 1010 g/mol. The number of hydrogen-bond donors (Lipinski definition) is 2. The van der Waals surface area contributed by atoms with Gasteiger partial charge in [-0.25, -0.2) is 16.8 Å². The van der Waals surface area contributed by atoms with Crippen molar-refractivity contribution >= 4 is 19.7 Å². The van der Waals surface area contributed by atoms with Crippen LogP contribution in [-0.4, -0.2) is 105 Å². The van der Waals surface area contributed by atoms with Crippen LogP contribution in [-0.2, 0) is 31.2 Å². The Bertz CT molecular complexity index is 3380. The van der Waals surface area contributed by atoms with Gasteiger partial charge in [0.1, 0.15) is 45.9 Å². The molecule has 20 nitrogen and oxygen atoms in total. The van der Waals surface area contributed by atoms with Crippen molar-refractivity contribution in [1.29, 1.82) is 10.5 Å². The molecule has 22 heteroatoms. The summed E-state index contributed by atoms with van der Waals surface area (Å²) in [5.41, 5.74) is 5.49. The van der Waals surface area contributed by atoms with Gasteiger partial charge in [0.2, 0.25) is 0 Å². The molecule has 392 valence electrons. The molecule has 8 rings (SSSR count). The Hall–Kier alpha value is -8.54. The molecule has 0 radical (unpaired) electrons. The van der Waals surface area contributed by atoms with E-state index in [0.717, 1.165) is 11.1 Å². The molecule has 0 aliphatic carbocycles. The average Bonchev–Trinajstić information content (AvgIpc) is 4.05. The van der Waals surface area contributed by atoms with Gasteiger partial charge in [-0.15, -0.1) is 20.4 Å². The van der Waals surface area contributed by atoms with Crippen LogP contribution in [0.4, 0.5) is 0 Å². The number of aliphatic hydroxyl groups excluding tert-OH is 2. The summed E-state index contributed by atoms with van der Waals surface area (Å²) in [5.74, 6) is 1.61. The second-order valence-corrected chi connectivity index (χ2v) is 22.2. The molecule has 4 aromatic heterocycles. The first-order chi connectivity index (χ1) is 36.4. The van der Waals surface area contributed by atoms with Crippen LogP contribution >= 0.6 is 0 Å². The number of pyridine rings is 2. The molecule has 4 aromatic carbocycles. The van der Waals surface area contributed by atoms with Gasteiger partial charge in [-0.2, -0.15) is 10.5 Å². The lowest BCUT2D eigenvalue weighted by Gasteiger charge is -2.21. The lowest BCUT2D eigenvalue weighted by molar-refractivity contribution is 0.175. The fourth-order valence-corrected chi connectivity index (χ4v) is 10.9. The molecule has 4 atom stereocenters. The molecule has 4 heterocycles. The van der Waals surface area contributed by atoms with Gasteiger partial charge in [-0.05, 0) is 111 Å². The number of nitrogens with zero attached hydrogens (tertiary/aromatic N) is 10. The standard InChI is InChI=1S/2C27H27N5O5S/c2*1-17-12-21(15-29-14-17)27-31-30-24(32(27)25-22(36-3)6-5-7-23(25)37-4)16-38(34,35)18(2)26(33)20-10-8-19(13-28)9-11-20/h2*5-12,14-15,18,26,33H,16H2,1-4H3/t2*18-,26-/m10/s1. The quantitative estimate of drug-likeness (QED) is 0.0864. The third-order valence-corrected chi connectivity index (χ3v) is 16.5. The topological polar surface area (TPSA) is 280 Å². The van der Waals surface area contributed by atoms with Crippen molar-refractivity contribution in [3.8, 4) is 69.3 Å². The highest BCUT2D eigenvalue weighted by atomic mass is 32.2. The Kier molecular flexibility index (Phi) is 17.3. The number of rotatable bonds is 18. The molecular formula is C54H54N10O10S2. The van der Waals surface area contributed by atoms with E-state index in [4.69, 9.17) is 29.5 Å². The SMILES string of the molecule is COc1cccc(OC)c1-n1c(CS(=O)(=O)[C@@H](C)[C@H](O)c2ccc(C#N)cc2)nnc1-c1cncc(C)c1.COc1cccc(OC)c1-n1c(CS(=O)(=O)[C@H](C)[C@@H](O)c2ccc(C#N)cc2)nnc1-c1cncc(C)c1. The third-order valence-electron chi connectivity index (χ3n) is 12.4. The molecule has 0 amide bonds. The molecule has 76 heavy (non-hydrogen) atoms. The minimum atomic E-state index is -3.96. The molecule has 0 aliphatic rings. The lowest BCUT2D eigenvalue weighted by Crippen LogP contribution is -2.28. The number of nitriles is 2. The van der Waals surface area contributed by atoms with Gasteiger partial charge in [-0.1, -0.05) is 36.4 Å². The molecule has 0 saturated heterocycles. The van der Waals surface area contributed by atoms with Gasteiger partial charge in [0, 0.05) is 35.9 Å². The molecule has 0 bridgehead atoms. The molecule has 0 unspecified atom stereocenters. The number of benzene rings is 4. The lowest BCUT2D eigenvalue weighted by atomic mass is 10.1. The summed E-state index contributed by atoms with van der Waals surface area (Å²) in [5, 5.41) is 54.6. The smallest absolute Gasteiger partial charge is 0.170 e. The van der Waals surface area contributed by atoms with Crippen molar-refractivity contribution in [2.45, 2.75) is 61.9 Å². The largest absolute Gasteiger partial charge is 0.494 e. The minimum Gasteiger partial charge on any atom is -0.494 e. The van der Waals surface area contributed by atoms with Crippen LogP contribution in [0.25, 0.3) is 34.2 Å². The fourth-order valence-electron chi connectivity index (χ4n) is 8.19. The summed E-state index contributed by atoms with van der Waals surface area (Å²) in [6, 6.07) is 30.5. The number of sulfone groups is 2. The molecule has 0 spiro atoms. The summed E-state index contributed by atoms with van der Waals surface area (Å²) >= 11 is 0. The maximum absolute atomic E-state index is 13.6. The van der Waals surface area contributed by atoms with Crippen LogP contribution in [0.2, 0.25) is 0 Å². The average molecular weight is 1070 g/mol. The van der Waals surface area contributed by atoms with Crippen LogP contribution in [0, 0.1) is 36.5 Å². The fraction of sp³-hybridized carbons (Fsp3) is 0.259. The molecule has 2 N–H and O–H groups in total. The van der Waals surface area contributed by atoms with Gasteiger partial charge in [-0.3, -0.25) is 19.1 Å². The van der Waals surface area contributed by atoms with Crippen molar-refractivity contribution in [2.24, 2.45) is 0 Å². The van der Waals surface area contributed by atoms with Crippen LogP contribution in [0.5, 0.6) is 23.0 Å². The normalized spacial score (nSPS) is 12.9. The van der Waals surface area contributed by atoms with Gasteiger partial charge in [0.15, 0.2) is 43.0 Å². The Labute approximate surface area is 440 Å². The number of aliphatic hydroxyl groups is 2. The van der Waals surface area contributed by atoms with Crippen molar-refractivity contribution in [3.63, 3.8) is 0 Å². The first-order valence-electron chi connectivity index (χ1n) is 23.3. The van der Waals surface area contributed by atoms with Crippen LogP contribution in [0.3, 0.4) is 0 Å². The van der Waals surface area contributed by atoms with E-state index in [-0.39, 0.29) is 11.6 Å². The Balaban J connectivity index is 0.000000221. The second-order valence-electron chi connectivity index (χ2n) is 17.5. The van der Waals surface area contributed by atoms with Crippen molar-refractivity contribution in [3.05, 3.63) is 167 Å². The molecule has 0 saturated carbocycles. The number of ether oxygens (including phenoxy) is 4. The maximum atomic E-state index is 13.6. The molecule has 0 aliphatic heterocycles. The van der Waals surface area contributed by atoms with Crippen molar-refractivity contribution in [2.75, 3.05) is 28.4 Å². The Morgan fingerprint density at radius 2 is 0.855 bits per heavy atom. The predicted octanol–water partition coefficient (Wildman–Crippen LogP) is 7.13. The highest BCUT2D eigenvalue weighted by Crippen LogP contribution is 2.39. The van der Waals surface area contributed by atoms with Gasteiger partial charge in [0.05, 0.1) is 74.4 Å². The minimum absolute atomic E-state index is 0.114. The first-order valence-corrected chi connectivity index (χ1v) is 26.8. The van der Waals surface area contributed by atoms with Crippen LogP contribution in [0.15, 0.2) is 122 Å². The van der Waals surface area contributed by atoms with Gasteiger partial charge >= 0.3 is 0 Å². The van der Waals surface area contributed by atoms with E-state index in [1.165, 1.54) is 66.6 Å². The highest BCUT2D eigenvalue weighted by molar-refractivity contribution is 7.91. The predicted molar refractivity (Wildman–Crippen MR) is 281 cm³/mol. The zero-order valence-electron chi connectivity index (χ0n) is 42.7. The highest BCUT2D eigenvalue weighted by Gasteiger charge is 2.35. The van der Waals surface area contributed by atoms with Crippen molar-refractivity contribution in [1.82, 2.24) is 39.5 Å². The maximum Gasteiger partial charge on any atom is 0.170 e. The number of methoxy groups -OCH3 is 4. The van der Waals surface area contributed by atoms with Gasteiger partial charge < -0.3 is 29.2 Å². The zero-order valence-corrected chi connectivity index (χ0v) is 44.4. The Morgan fingerprint density at radius 1 is 0.526 bits per heavy atom. The third kappa shape index (κ3) is 11.9.